The maximum absolute atomic E-state index is 12.9. The lowest BCUT2D eigenvalue weighted by Crippen LogP contribution is -2.27. The number of benzene rings is 1. The number of aryl methyl sites for hydroxylation is 2. The van der Waals surface area contributed by atoms with Crippen molar-refractivity contribution in [3.8, 4) is 11.5 Å². The molecular formula is C20H22O5. The molecule has 1 aromatic carbocycles. The zero-order chi connectivity index (χ0) is 18.4. The number of phenols is 2. The lowest BCUT2D eigenvalue weighted by atomic mass is 9.86. The van der Waals surface area contributed by atoms with Gasteiger partial charge in [0.05, 0.1) is 11.2 Å². The molecular weight excluding hydrogens is 320 g/mol. The Kier molecular flexibility index (Phi) is 4.21. The fourth-order valence-electron chi connectivity index (χ4n) is 3.70. The van der Waals surface area contributed by atoms with E-state index in [0.29, 0.717) is 35.7 Å². The number of furan rings is 1. The van der Waals surface area contributed by atoms with Crippen molar-refractivity contribution in [1.29, 1.82) is 0 Å². The summed E-state index contributed by atoms with van der Waals surface area (Å²) in [7, 11) is 0. The van der Waals surface area contributed by atoms with Gasteiger partial charge in [0.15, 0.2) is 17.3 Å². The largest absolute Gasteiger partial charge is 0.504 e. The van der Waals surface area contributed by atoms with E-state index in [4.69, 9.17) is 9.15 Å². The molecule has 1 unspecified atom stereocenters. The summed E-state index contributed by atoms with van der Waals surface area (Å²) < 4.78 is 11.8. The van der Waals surface area contributed by atoms with Crippen LogP contribution < -0.4 is 0 Å². The summed E-state index contributed by atoms with van der Waals surface area (Å²) in [5, 5.41) is 19.4. The number of rotatable bonds is 3. The minimum atomic E-state index is -0.725. The van der Waals surface area contributed by atoms with Gasteiger partial charge in [-0.3, -0.25) is 4.79 Å². The predicted octanol–water partition coefficient (Wildman–Crippen LogP) is 4.23. The molecule has 0 saturated carbocycles. The average Bonchev–Trinajstić information content (AvgIpc) is 2.78. The van der Waals surface area contributed by atoms with Crippen LogP contribution in [0.3, 0.4) is 0 Å². The predicted molar refractivity (Wildman–Crippen MR) is 93.9 cm³/mol. The zero-order valence-corrected chi connectivity index (χ0v) is 14.8. The summed E-state index contributed by atoms with van der Waals surface area (Å²) in [6.45, 7) is 7.97. The quantitative estimate of drug-likeness (QED) is 0.816. The van der Waals surface area contributed by atoms with Crippen molar-refractivity contribution in [3.63, 3.8) is 0 Å². The molecule has 0 amide bonds. The number of phenolic OH excluding ortho intramolecular Hbond substituents is 2. The lowest BCUT2D eigenvalue weighted by molar-refractivity contribution is -0.0262. The highest BCUT2D eigenvalue weighted by Crippen LogP contribution is 2.44. The van der Waals surface area contributed by atoms with Gasteiger partial charge in [-0.25, -0.2) is 0 Å². The van der Waals surface area contributed by atoms with Crippen LogP contribution in [0.15, 0.2) is 28.7 Å². The summed E-state index contributed by atoms with van der Waals surface area (Å²) in [5.41, 5.74) is 2.02. The molecule has 1 aliphatic rings. The van der Waals surface area contributed by atoms with E-state index >= 15 is 0 Å². The normalized spacial score (nSPS) is 20.2. The van der Waals surface area contributed by atoms with Crippen molar-refractivity contribution in [2.24, 2.45) is 0 Å². The van der Waals surface area contributed by atoms with Crippen LogP contribution in [-0.4, -0.2) is 22.6 Å². The fraction of sp³-hybridized carbons (Fsp3) is 0.350. The van der Waals surface area contributed by atoms with Crippen LogP contribution in [-0.2, 0) is 10.3 Å². The van der Waals surface area contributed by atoms with Crippen LogP contribution in [0.25, 0.3) is 5.57 Å². The maximum Gasteiger partial charge on any atom is 0.190 e. The van der Waals surface area contributed by atoms with Crippen LogP contribution in [0.1, 0.15) is 53.3 Å². The van der Waals surface area contributed by atoms with Gasteiger partial charge in [-0.1, -0.05) is 6.07 Å². The number of carbonyl (C=O) groups is 1. The molecule has 0 aliphatic heterocycles. The monoisotopic (exact) mass is 342 g/mol. The Labute approximate surface area is 146 Å². The van der Waals surface area contributed by atoms with Crippen molar-refractivity contribution in [2.75, 3.05) is 6.61 Å². The molecule has 0 bridgehead atoms. The van der Waals surface area contributed by atoms with E-state index in [1.54, 1.807) is 19.1 Å². The molecule has 1 aromatic heterocycles. The number of ether oxygens (including phenoxy) is 1. The molecule has 5 heteroatoms. The summed E-state index contributed by atoms with van der Waals surface area (Å²) in [6.07, 6.45) is 2.01. The summed E-state index contributed by atoms with van der Waals surface area (Å²) >= 11 is 0. The second-order valence-corrected chi connectivity index (χ2v) is 6.54. The Balaban J connectivity index is 2.19. The topological polar surface area (TPSA) is 79.9 Å². The smallest absolute Gasteiger partial charge is 0.190 e. The highest BCUT2D eigenvalue weighted by Gasteiger charge is 2.39. The van der Waals surface area contributed by atoms with Crippen LogP contribution in [0.2, 0.25) is 0 Å². The minimum Gasteiger partial charge on any atom is -0.504 e. The molecule has 25 heavy (non-hydrogen) atoms. The molecule has 0 spiro atoms. The van der Waals surface area contributed by atoms with Gasteiger partial charge >= 0.3 is 0 Å². The second kappa shape index (κ2) is 6.08. The molecule has 5 nitrogen and oxygen atoms in total. The minimum absolute atomic E-state index is 0.143. The lowest BCUT2D eigenvalue weighted by Gasteiger charge is -2.30. The van der Waals surface area contributed by atoms with Crippen molar-refractivity contribution in [2.45, 2.75) is 39.7 Å². The molecule has 0 fully saturated rings. The van der Waals surface area contributed by atoms with Gasteiger partial charge in [-0.05, 0) is 57.0 Å². The van der Waals surface area contributed by atoms with E-state index in [-0.39, 0.29) is 17.3 Å². The molecule has 2 aromatic rings. The first-order valence-corrected chi connectivity index (χ1v) is 8.28. The summed E-state index contributed by atoms with van der Waals surface area (Å²) in [4.78, 5) is 12.9. The highest BCUT2D eigenvalue weighted by atomic mass is 16.5. The number of carbonyl (C=O) groups excluding carboxylic acids is 1. The van der Waals surface area contributed by atoms with Crippen LogP contribution in [0.5, 0.6) is 11.5 Å². The standard InChI is InChI=1S/C20H22O5/c1-5-24-20(4)10-14(13-6-7-15(21)16(22)8-13)9-17(23)18-11(2)25-12(3)19(18)20/h6-9,21-22H,5,10H2,1-4H3. The van der Waals surface area contributed by atoms with E-state index < -0.39 is 5.60 Å². The fourth-order valence-corrected chi connectivity index (χ4v) is 3.70. The summed E-state index contributed by atoms with van der Waals surface area (Å²) in [5.74, 6) is 0.701. The second-order valence-electron chi connectivity index (χ2n) is 6.54. The molecule has 2 N–H and O–H groups in total. The van der Waals surface area contributed by atoms with Gasteiger partial charge in [0, 0.05) is 18.6 Å². The van der Waals surface area contributed by atoms with Crippen molar-refractivity contribution >= 4 is 11.4 Å². The number of hydrogen-bond acceptors (Lipinski definition) is 5. The summed E-state index contributed by atoms with van der Waals surface area (Å²) in [6, 6.07) is 4.55. The first kappa shape index (κ1) is 17.3. The molecule has 1 atom stereocenters. The molecule has 1 aliphatic carbocycles. The Morgan fingerprint density at radius 2 is 1.92 bits per heavy atom. The average molecular weight is 342 g/mol. The third-order valence-corrected chi connectivity index (χ3v) is 4.68. The Bertz CT molecular complexity index is 874. The molecule has 0 saturated heterocycles. The van der Waals surface area contributed by atoms with Crippen molar-refractivity contribution in [1.82, 2.24) is 0 Å². The van der Waals surface area contributed by atoms with Gasteiger partial charge in [0.25, 0.3) is 0 Å². The molecule has 0 radical (unpaired) electrons. The first-order valence-electron chi connectivity index (χ1n) is 8.28. The zero-order valence-electron chi connectivity index (χ0n) is 14.8. The Morgan fingerprint density at radius 1 is 1.20 bits per heavy atom. The highest BCUT2D eigenvalue weighted by molar-refractivity contribution is 6.11. The molecule has 1 heterocycles. The van der Waals surface area contributed by atoms with Gasteiger partial charge in [-0.2, -0.15) is 0 Å². The number of fused-ring (bicyclic) bond motifs is 1. The first-order chi connectivity index (χ1) is 11.8. The van der Waals surface area contributed by atoms with E-state index in [1.165, 1.54) is 12.1 Å². The third-order valence-electron chi connectivity index (χ3n) is 4.68. The van der Waals surface area contributed by atoms with Gasteiger partial charge in [-0.15, -0.1) is 0 Å². The number of ketones is 1. The number of aromatic hydroxyl groups is 2. The van der Waals surface area contributed by atoms with Gasteiger partial charge in [0.2, 0.25) is 0 Å². The van der Waals surface area contributed by atoms with Crippen LogP contribution >= 0.6 is 0 Å². The van der Waals surface area contributed by atoms with E-state index in [0.717, 1.165) is 11.1 Å². The Morgan fingerprint density at radius 3 is 2.56 bits per heavy atom. The van der Waals surface area contributed by atoms with Gasteiger partial charge < -0.3 is 19.4 Å². The maximum atomic E-state index is 12.9. The number of allylic oxidation sites excluding steroid dienone is 1. The Hall–Kier alpha value is -2.53. The third kappa shape index (κ3) is 2.85. The van der Waals surface area contributed by atoms with Crippen molar-refractivity contribution in [3.05, 3.63) is 52.5 Å². The van der Waals surface area contributed by atoms with E-state index in [1.807, 2.05) is 20.8 Å². The SMILES string of the molecule is CCOC1(C)CC(c2ccc(O)c(O)c2)=CC(=O)c2c(C)oc(C)c21. The van der Waals surface area contributed by atoms with Gasteiger partial charge in [0.1, 0.15) is 11.5 Å². The van der Waals surface area contributed by atoms with E-state index in [9.17, 15) is 15.0 Å². The van der Waals surface area contributed by atoms with Crippen LogP contribution in [0, 0.1) is 13.8 Å². The molecule has 132 valence electrons. The van der Waals surface area contributed by atoms with Crippen LogP contribution in [0.4, 0.5) is 0 Å². The van der Waals surface area contributed by atoms with E-state index in [2.05, 4.69) is 0 Å². The number of hydrogen-bond donors (Lipinski definition) is 2. The van der Waals surface area contributed by atoms with Crippen molar-refractivity contribution < 1.29 is 24.2 Å². The molecule has 3 rings (SSSR count).